The fourth-order valence-electron chi connectivity index (χ4n) is 2.33. The SMILES string of the molecule is N#Cc1ccc(Cl)cc1N1CCC(CC(=O)O)C1. The molecule has 1 heterocycles. The van der Waals surface area contributed by atoms with E-state index >= 15 is 0 Å². The summed E-state index contributed by atoms with van der Waals surface area (Å²) in [5, 5.41) is 18.4. The van der Waals surface area contributed by atoms with Crippen LogP contribution >= 0.6 is 11.6 Å². The number of anilines is 1. The summed E-state index contributed by atoms with van der Waals surface area (Å²) in [6.45, 7) is 1.44. The molecule has 1 aromatic carbocycles. The fraction of sp³-hybridized carbons (Fsp3) is 0.385. The number of nitriles is 1. The Labute approximate surface area is 110 Å². The van der Waals surface area contributed by atoms with Crippen LogP contribution in [-0.2, 0) is 4.79 Å². The maximum absolute atomic E-state index is 10.7. The summed E-state index contributed by atoms with van der Waals surface area (Å²) in [6.07, 6.45) is 1.02. The maximum Gasteiger partial charge on any atom is 0.303 e. The lowest BCUT2D eigenvalue weighted by molar-refractivity contribution is -0.137. The number of hydrogen-bond donors (Lipinski definition) is 1. The van der Waals surface area contributed by atoms with Gasteiger partial charge in [-0.3, -0.25) is 4.79 Å². The zero-order chi connectivity index (χ0) is 13.1. The highest BCUT2D eigenvalue weighted by Gasteiger charge is 2.26. The number of aliphatic carboxylic acids is 1. The number of nitrogens with zero attached hydrogens (tertiary/aromatic N) is 2. The van der Waals surface area contributed by atoms with Gasteiger partial charge in [0.2, 0.25) is 0 Å². The van der Waals surface area contributed by atoms with Crippen LogP contribution in [0.2, 0.25) is 5.02 Å². The van der Waals surface area contributed by atoms with Crippen molar-refractivity contribution in [2.45, 2.75) is 12.8 Å². The lowest BCUT2D eigenvalue weighted by atomic mass is 10.1. The smallest absolute Gasteiger partial charge is 0.303 e. The molecule has 1 aliphatic rings. The molecule has 1 unspecified atom stereocenters. The van der Waals surface area contributed by atoms with Gasteiger partial charge in [0.15, 0.2) is 0 Å². The summed E-state index contributed by atoms with van der Waals surface area (Å²) in [4.78, 5) is 12.7. The molecule has 5 heteroatoms. The lowest BCUT2D eigenvalue weighted by Gasteiger charge is -2.20. The Kier molecular flexibility index (Phi) is 3.73. The van der Waals surface area contributed by atoms with Gasteiger partial charge in [-0.25, -0.2) is 0 Å². The average Bonchev–Trinajstić information content (AvgIpc) is 2.76. The number of rotatable bonds is 3. The highest BCUT2D eigenvalue weighted by Crippen LogP contribution is 2.30. The van der Waals surface area contributed by atoms with Crippen molar-refractivity contribution < 1.29 is 9.90 Å². The number of halogens is 1. The van der Waals surface area contributed by atoms with Crippen molar-refractivity contribution in [3.63, 3.8) is 0 Å². The Balaban J connectivity index is 2.16. The van der Waals surface area contributed by atoms with Crippen LogP contribution in [0.4, 0.5) is 5.69 Å². The Morgan fingerprint density at radius 3 is 3.06 bits per heavy atom. The Morgan fingerprint density at radius 1 is 1.61 bits per heavy atom. The van der Waals surface area contributed by atoms with E-state index < -0.39 is 5.97 Å². The largest absolute Gasteiger partial charge is 0.481 e. The highest BCUT2D eigenvalue weighted by molar-refractivity contribution is 6.30. The predicted molar refractivity (Wildman–Crippen MR) is 68.7 cm³/mol. The molecule has 0 spiro atoms. The van der Waals surface area contributed by atoms with Crippen LogP contribution < -0.4 is 4.90 Å². The number of carboxylic acid groups (broad SMARTS) is 1. The summed E-state index contributed by atoms with van der Waals surface area (Å²) in [5.74, 6) is -0.624. The average molecular weight is 265 g/mol. The Morgan fingerprint density at radius 2 is 2.39 bits per heavy atom. The quantitative estimate of drug-likeness (QED) is 0.911. The summed E-state index contributed by atoms with van der Waals surface area (Å²) in [7, 11) is 0. The molecule has 4 nitrogen and oxygen atoms in total. The summed E-state index contributed by atoms with van der Waals surface area (Å²) in [5.41, 5.74) is 1.38. The van der Waals surface area contributed by atoms with E-state index in [-0.39, 0.29) is 12.3 Å². The van der Waals surface area contributed by atoms with Gasteiger partial charge in [0.1, 0.15) is 6.07 Å². The summed E-state index contributed by atoms with van der Waals surface area (Å²) < 4.78 is 0. The van der Waals surface area contributed by atoms with Crippen molar-refractivity contribution in [2.75, 3.05) is 18.0 Å². The topological polar surface area (TPSA) is 64.3 Å². The standard InChI is InChI=1S/C13H13ClN2O2/c14-11-2-1-10(7-15)12(6-11)16-4-3-9(8-16)5-13(17)18/h1-2,6,9H,3-5,8H2,(H,17,18). The molecule has 1 saturated heterocycles. The minimum atomic E-state index is -0.770. The van der Waals surface area contributed by atoms with Gasteiger partial charge < -0.3 is 10.0 Å². The van der Waals surface area contributed by atoms with Gasteiger partial charge in [-0.05, 0) is 30.5 Å². The van der Waals surface area contributed by atoms with Crippen molar-refractivity contribution in [2.24, 2.45) is 5.92 Å². The molecule has 2 rings (SSSR count). The normalized spacial score (nSPS) is 18.7. The highest BCUT2D eigenvalue weighted by atomic mass is 35.5. The molecule has 1 aromatic rings. The van der Waals surface area contributed by atoms with Crippen molar-refractivity contribution in [3.8, 4) is 6.07 Å². The van der Waals surface area contributed by atoms with E-state index in [1.54, 1.807) is 18.2 Å². The van der Waals surface area contributed by atoms with E-state index in [1.807, 2.05) is 4.90 Å². The lowest BCUT2D eigenvalue weighted by Crippen LogP contribution is -2.21. The van der Waals surface area contributed by atoms with Crippen LogP contribution in [0.3, 0.4) is 0 Å². The van der Waals surface area contributed by atoms with Gasteiger partial charge in [0.25, 0.3) is 0 Å². The first kappa shape index (κ1) is 12.7. The predicted octanol–water partition coefficient (Wildman–Crippen LogP) is 2.51. The zero-order valence-corrected chi connectivity index (χ0v) is 10.5. The number of benzene rings is 1. The second-order valence-corrected chi connectivity index (χ2v) is 4.91. The molecule has 0 bridgehead atoms. The van der Waals surface area contributed by atoms with E-state index in [1.165, 1.54) is 0 Å². The molecule has 0 saturated carbocycles. The Bertz CT molecular complexity index is 510. The second-order valence-electron chi connectivity index (χ2n) is 4.47. The van der Waals surface area contributed by atoms with E-state index in [2.05, 4.69) is 6.07 Å². The van der Waals surface area contributed by atoms with E-state index in [0.29, 0.717) is 17.1 Å². The molecule has 94 valence electrons. The van der Waals surface area contributed by atoms with Crippen LogP contribution in [0.5, 0.6) is 0 Å². The van der Waals surface area contributed by atoms with Gasteiger partial charge >= 0.3 is 5.97 Å². The van der Waals surface area contributed by atoms with Crippen LogP contribution in [0.15, 0.2) is 18.2 Å². The van der Waals surface area contributed by atoms with E-state index in [0.717, 1.165) is 18.7 Å². The fourth-order valence-corrected chi connectivity index (χ4v) is 2.49. The number of hydrogen-bond acceptors (Lipinski definition) is 3. The molecular weight excluding hydrogens is 252 g/mol. The van der Waals surface area contributed by atoms with Crippen molar-refractivity contribution >= 4 is 23.3 Å². The molecular formula is C13H13ClN2O2. The third-order valence-corrected chi connectivity index (χ3v) is 3.41. The van der Waals surface area contributed by atoms with E-state index in [9.17, 15) is 4.79 Å². The first-order valence-corrected chi connectivity index (χ1v) is 6.14. The molecule has 1 atom stereocenters. The molecule has 18 heavy (non-hydrogen) atoms. The van der Waals surface area contributed by atoms with Gasteiger partial charge in [0, 0.05) is 24.5 Å². The second kappa shape index (κ2) is 5.28. The van der Waals surface area contributed by atoms with Gasteiger partial charge in [0.05, 0.1) is 11.3 Å². The minimum absolute atomic E-state index is 0.146. The molecule has 0 radical (unpaired) electrons. The van der Waals surface area contributed by atoms with Crippen LogP contribution in [0.25, 0.3) is 0 Å². The zero-order valence-electron chi connectivity index (χ0n) is 9.77. The van der Waals surface area contributed by atoms with Crippen molar-refractivity contribution in [3.05, 3.63) is 28.8 Å². The molecule has 0 aromatic heterocycles. The molecule has 1 aliphatic heterocycles. The van der Waals surface area contributed by atoms with Crippen molar-refractivity contribution in [1.29, 1.82) is 5.26 Å². The number of carboxylic acids is 1. The monoisotopic (exact) mass is 264 g/mol. The molecule has 1 N–H and O–H groups in total. The minimum Gasteiger partial charge on any atom is -0.481 e. The molecule has 1 fully saturated rings. The molecule has 0 aliphatic carbocycles. The maximum atomic E-state index is 10.7. The van der Waals surface area contributed by atoms with Gasteiger partial charge in [-0.1, -0.05) is 11.6 Å². The van der Waals surface area contributed by atoms with Gasteiger partial charge in [-0.15, -0.1) is 0 Å². The Hall–Kier alpha value is -1.73. The molecule has 0 amide bonds. The van der Waals surface area contributed by atoms with Crippen molar-refractivity contribution in [1.82, 2.24) is 0 Å². The van der Waals surface area contributed by atoms with Crippen LogP contribution in [0.1, 0.15) is 18.4 Å². The van der Waals surface area contributed by atoms with E-state index in [4.69, 9.17) is 22.0 Å². The first-order valence-electron chi connectivity index (χ1n) is 5.76. The summed E-state index contributed by atoms with van der Waals surface area (Å²) >= 11 is 5.94. The third kappa shape index (κ3) is 2.74. The van der Waals surface area contributed by atoms with Crippen LogP contribution in [-0.4, -0.2) is 24.2 Å². The van der Waals surface area contributed by atoms with Crippen LogP contribution in [0, 0.1) is 17.2 Å². The van der Waals surface area contributed by atoms with Gasteiger partial charge in [-0.2, -0.15) is 5.26 Å². The summed E-state index contributed by atoms with van der Waals surface area (Å²) in [6, 6.07) is 7.29. The number of carbonyl (C=O) groups is 1. The first-order chi connectivity index (χ1) is 8.60. The third-order valence-electron chi connectivity index (χ3n) is 3.17.